The first-order chi connectivity index (χ1) is 9.99. The fourth-order valence-corrected chi connectivity index (χ4v) is 4.70. The van der Waals surface area contributed by atoms with Gasteiger partial charge in [-0.2, -0.15) is 4.31 Å². The lowest BCUT2D eigenvalue weighted by Gasteiger charge is -2.42. The summed E-state index contributed by atoms with van der Waals surface area (Å²) in [5, 5.41) is 0.627. The predicted octanol–water partition coefficient (Wildman–Crippen LogP) is 1.75. The number of H-pyrrole nitrogens is 1. The highest BCUT2D eigenvalue weighted by molar-refractivity contribution is 7.89. The van der Waals surface area contributed by atoms with Crippen LogP contribution in [0.3, 0.4) is 0 Å². The minimum absolute atomic E-state index is 0.284. The Morgan fingerprint density at radius 2 is 2.33 bits per heavy atom. The fraction of sp³-hybridized carbons (Fsp3) is 0.500. The van der Waals surface area contributed by atoms with Gasteiger partial charge >= 0.3 is 0 Å². The van der Waals surface area contributed by atoms with Crippen molar-refractivity contribution in [3.05, 3.63) is 24.5 Å². The van der Waals surface area contributed by atoms with Gasteiger partial charge in [-0.1, -0.05) is 6.92 Å². The molecule has 1 unspecified atom stereocenters. The number of sulfonamides is 1. The molecule has 0 aromatic carbocycles. The molecule has 21 heavy (non-hydrogen) atoms. The topological polar surface area (TPSA) is 75.3 Å². The minimum Gasteiger partial charge on any atom is -0.378 e. The molecule has 3 heterocycles. The van der Waals surface area contributed by atoms with Crippen LogP contribution in [0, 0.1) is 0 Å². The van der Waals surface area contributed by atoms with Crippen LogP contribution >= 0.6 is 0 Å². The third-order valence-electron chi connectivity index (χ3n) is 4.20. The molecule has 0 saturated carbocycles. The zero-order chi connectivity index (χ0) is 15.1. The summed E-state index contributed by atoms with van der Waals surface area (Å²) in [7, 11) is -3.58. The van der Waals surface area contributed by atoms with Crippen molar-refractivity contribution in [1.29, 1.82) is 0 Å². The van der Waals surface area contributed by atoms with Crippen molar-refractivity contribution < 1.29 is 13.2 Å². The summed E-state index contributed by atoms with van der Waals surface area (Å²) in [6.07, 6.45) is 3.87. The van der Waals surface area contributed by atoms with E-state index in [1.807, 2.05) is 13.8 Å². The van der Waals surface area contributed by atoms with Crippen molar-refractivity contribution in [3.8, 4) is 0 Å². The van der Waals surface area contributed by atoms with Crippen LogP contribution < -0.4 is 0 Å². The maximum Gasteiger partial charge on any atom is 0.245 e. The van der Waals surface area contributed by atoms with E-state index in [2.05, 4.69) is 9.97 Å². The standard InChI is InChI=1S/C14H19N3O3S/c1-3-14(2)10-20-8-7-17(14)21(18,19)12-9-16-13-11(12)5-4-6-15-13/h4-6,9H,3,7-8,10H2,1-2H3,(H,15,16). The van der Waals surface area contributed by atoms with Crippen molar-refractivity contribution >= 4 is 21.1 Å². The predicted molar refractivity (Wildman–Crippen MR) is 79.5 cm³/mol. The summed E-state index contributed by atoms with van der Waals surface area (Å²) < 4.78 is 33.2. The van der Waals surface area contributed by atoms with Gasteiger partial charge < -0.3 is 9.72 Å². The van der Waals surface area contributed by atoms with Gasteiger partial charge in [-0.3, -0.25) is 0 Å². The molecule has 1 fully saturated rings. The Balaban J connectivity index is 2.11. The zero-order valence-corrected chi connectivity index (χ0v) is 13.0. The number of ether oxygens (including phenoxy) is 1. The van der Waals surface area contributed by atoms with Gasteiger partial charge in [0.05, 0.1) is 18.8 Å². The van der Waals surface area contributed by atoms with Crippen molar-refractivity contribution in [2.24, 2.45) is 0 Å². The third kappa shape index (κ3) is 2.25. The summed E-state index contributed by atoms with van der Waals surface area (Å²) in [6, 6.07) is 3.52. The largest absolute Gasteiger partial charge is 0.378 e. The van der Waals surface area contributed by atoms with E-state index in [1.54, 1.807) is 22.6 Å². The maximum atomic E-state index is 13.1. The van der Waals surface area contributed by atoms with E-state index >= 15 is 0 Å². The van der Waals surface area contributed by atoms with Gasteiger partial charge in [0, 0.05) is 24.3 Å². The van der Waals surface area contributed by atoms with Crippen molar-refractivity contribution in [2.75, 3.05) is 19.8 Å². The number of nitrogens with one attached hydrogen (secondary N) is 1. The van der Waals surface area contributed by atoms with E-state index < -0.39 is 15.6 Å². The Morgan fingerprint density at radius 3 is 3.10 bits per heavy atom. The lowest BCUT2D eigenvalue weighted by atomic mass is 9.99. The molecule has 1 aliphatic heterocycles. The lowest BCUT2D eigenvalue weighted by Crippen LogP contribution is -2.56. The Bertz CT molecular complexity index is 756. The average Bonchev–Trinajstić information content (AvgIpc) is 2.92. The molecule has 7 heteroatoms. The fourth-order valence-electron chi connectivity index (χ4n) is 2.73. The van der Waals surface area contributed by atoms with Gasteiger partial charge in [0.25, 0.3) is 0 Å². The minimum atomic E-state index is -3.58. The monoisotopic (exact) mass is 309 g/mol. The number of morpholine rings is 1. The highest BCUT2D eigenvalue weighted by Gasteiger charge is 2.42. The molecule has 0 radical (unpaired) electrons. The molecule has 6 nitrogen and oxygen atoms in total. The molecule has 3 rings (SSSR count). The van der Waals surface area contributed by atoms with Crippen molar-refractivity contribution in [3.63, 3.8) is 0 Å². The van der Waals surface area contributed by atoms with E-state index in [1.165, 1.54) is 6.20 Å². The Morgan fingerprint density at radius 1 is 1.52 bits per heavy atom. The summed E-state index contributed by atoms with van der Waals surface area (Å²) in [5.74, 6) is 0. The van der Waals surface area contributed by atoms with Gasteiger partial charge in [0.2, 0.25) is 10.0 Å². The molecule has 0 bridgehead atoms. The quantitative estimate of drug-likeness (QED) is 0.937. The second-order valence-electron chi connectivity index (χ2n) is 5.53. The average molecular weight is 309 g/mol. The Labute approximate surface area is 124 Å². The molecule has 2 aromatic rings. The van der Waals surface area contributed by atoms with Crippen LogP contribution in [0.25, 0.3) is 11.0 Å². The Hall–Kier alpha value is -1.44. The number of hydrogen-bond acceptors (Lipinski definition) is 4. The number of hydrogen-bond donors (Lipinski definition) is 1. The number of nitrogens with zero attached hydrogens (tertiary/aromatic N) is 2. The first-order valence-corrected chi connectivity index (χ1v) is 8.46. The first-order valence-electron chi connectivity index (χ1n) is 7.02. The summed E-state index contributed by atoms with van der Waals surface area (Å²) in [6.45, 7) is 5.13. The Kier molecular flexibility index (Phi) is 3.51. The van der Waals surface area contributed by atoms with E-state index in [-0.39, 0.29) is 4.90 Å². The highest BCUT2D eigenvalue weighted by atomic mass is 32.2. The summed E-state index contributed by atoms with van der Waals surface area (Å²) in [4.78, 5) is 7.37. The number of aromatic nitrogens is 2. The smallest absolute Gasteiger partial charge is 0.245 e. The molecule has 0 spiro atoms. The molecule has 1 aliphatic rings. The molecule has 2 aromatic heterocycles. The van der Waals surface area contributed by atoms with Gasteiger partial charge in [0.15, 0.2) is 0 Å². The zero-order valence-electron chi connectivity index (χ0n) is 12.2. The van der Waals surface area contributed by atoms with Gasteiger partial charge in [0.1, 0.15) is 10.5 Å². The van der Waals surface area contributed by atoms with Crippen molar-refractivity contribution in [1.82, 2.24) is 14.3 Å². The molecule has 114 valence electrons. The van der Waals surface area contributed by atoms with E-state index in [0.29, 0.717) is 37.2 Å². The highest BCUT2D eigenvalue weighted by Crippen LogP contribution is 2.32. The van der Waals surface area contributed by atoms with Crippen LogP contribution in [0.5, 0.6) is 0 Å². The maximum absolute atomic E-state index is 13.1. The number of rotatable bonds is 3. The molecule has 1 atom stereocenters. The van der Waals surface area contributed by atoms with Crippen LogP contribution in [0.2, 0.25) is 0 Å². The SMILES string of the molecule is CCC1(C)COCCN1S(=O)(=O)c1c[nH]c2ncccc12. The van der Waals surface area contributed by atoms with Gasteiger partial charge in [-0.05, 0) is 25.5 Å². The van der Waals surface area contributed by atoms with Crippen molar-refractivity contribution in [2.45, 2.75) is 30.7 Å². The second kappa shape index (κ2) is 5.08. The van der Waals surface area contributed by atoms with Crippen LogP contribution in [0.1, 0.15) is 20.3 Å². The molecule has 1 saturated heterocycles. The second-order valence-corrected chi connectivity index (χ2v) is 7.36. The lowest BCUT2D eigenvalue weighted by molar-refractivity contribution is -0.0185. The first kappa shape index (κ1) is 14.5. The normalized spacial score (nSPS) is 24.5. The third-order valence-corrected chi connectivity index (χ3v) is 6.29. The molecular weight excluding hydrogens is 290 g/mol. The van der Waals surface area contributed by atoms with Gasteiger partial charge in [-0.25, -0.2) is 13.4 Å². The molecule has 1 N–H and O–H groups in total. The van der Waals surface area contributed by atoms with E-state index in [4.69, 9.17) is 4.74 Å². The van der Waals surface area contributed by atoms with E-state index in [9.17, 15) is 8.42 Å². The van der Waals surface area contributed by atoms with Crippen LogP contribution in [-0.2, 0) is 14.8 Å². The van der Waals surface area contributed by atoms with Crippen LogP contribution in [0.15, 0.2) is 29.4 Å². The van der Waals surface area contributed by atoms with Crippen LogP contribution in [0.4, 0.5) is 0 Å². The number of pyridine rings is 1. The molecule has 0 amide bonds. The van der Waals surface area contributed by atoms with Crippen LogP contribution in [-0.4, -0.2) is 48.0 Å². The summed E-state index contributed by atoms with van der Waals surface area (Å²) >= 11 is 0. The van der Waals surface area contributed by atoms with E-state index in [0.717, 1.165) is 0 Å². The summed E-state index contributed by atoms with van der Waals surface area (Å²) in [5.41, 5.74) is 0.0747. The number of fused-ring (bicyclic) bond motifs is 1. The number of aromatic amines is 1. The van der Waals surface area contributed by atoms with Gasteiger partial charge in [-0.15, -0.1) is 0 Å². The molecule has 0 aliphatic carbocycles. The molecular formula is C14H19N3O3S.